The molecule has 0 saturated carbocycles. The van der Waals surface area contributed by atoms with Crippen LogP contribution in [-0.4, -0.2) is 0 Å². The number of nitrogen functional groups attached to an aromatic ring is 1. The van der Waals surface area contributed by atoms with Gasteiger partial charge in [-0.3, -0.25) is 0 Å². The molecule has 2 N–H and O–H groups in total. The minimum absolute atomic E-state index is 0.460. The van der Waals surface area contributed by atoms with Gasteiger partial charge in [-0.05, 0) is 24.3 Å². The first-order valence-corrected chi connectivity index (χ1v) is 6.71. The molecule has 3 nitrogen and oxygen atoms in total. The Balaban J connectivity index is 2.11. The van der Waals surface area contributed by atoms with E-state index in [2.05, 4.69) is 6.07 Å². The molecule has 0 aliphatic heterocycles. The highest BCUT2D eigenvalue weighted by molar-refractivity contribution is 6.35. The SMILES string of the molecule is N#Cc1ccc(N)c(Oc2ccc(Cl)c3ccccc23)c1. The van der Waals surface area contributed by atoms with Gasteiger partial charge in [-0.15, -0.1) is 0 Å². The lowest BCUT2D eigenvalue weighted by atomic mass is 10.1. The Bertz CT molecular complexity index is 868. The summed E-state index contributed by atoms with van der Waals surface area (Å²) in [4.78, 5) is 0. The minimum atomic E-state index is 0.460. The van der Waals surface area contributed by atoms with Crippen molar-refractivity contribution in [1.82, 2.24) is 0 Å². The number of ether oxygens (including phenoxy) is 1. The number of halogens is 1. The maximum absolute atomic E-state index is 8.96. The fraction of sp³-hybridized carbons (Fsp3) is 0. The van der Waals surface area contributed by atoms with Crippen LogP contribution in [0.5, 0.6) is 11.5 Å². The molecule has 4 heteroatoms. The molecule has 0 saturated heterocycles. The van der Waals surface area contributed by atoms with Crippen LogP contribution < -0.4 is 10.5 Å². The highest BCUT2D eigenvalue weighted by Gasteiger charge is 2.09. The van der Waals surface area contributed by atoms with Gasteiger partial charge in [-0.1, -0.05) is 35.9 Å². The average Bonchev–Trinajstić information content (AvgIpc) is 2.52. The number of nitrogens with two attached hydrogens (primary N) is 1. The van der Waals surface area contributed by atoms with E-state index in [1.165, 1.54) is 0 Å². The third kappa shape index (κ3) is 2.49. The molecule has 102 valence electrons. The fourth-order valence-corrected chi connectivity index (χ4v) is 2.36. The number of benzene rings is 3. The van der Waals surface area contributed by atoms with Crippen molar-refractivity contribution in [1.29, 1.82) is 5.26 Å². The molecular weight excluding hydrogens is 284 g/mol. The van der Waals surface area contributed by atoms with Crippen LogP contribution in [0.25, 0.3) is 10.8 Å². The fourth-order valence-electron chi connectivity index (χ4n) is 2.13. The van der Waals surface area contributed by atoms with E-state index in [1.54, 1.807) is 30.3 Å². The summed E-state index contributed by atoms with van der Waals surface area (Å²) < 4.78 is 5.89. The second kappa shape index (κ2) is 5.35. The molecule has 3 aromatic rings. The third-order valence-electron chi connectivity index (χ3n) is 3.19. The summed E-state index contributed by atoms with van der Waals surface area (Å²) in [6.07, 6.45) is 0. The Kier molecular flexibility index (Phi) is 3.39. The number of hydrogen-bond donors (Lipinski definition) is 1. The molecule has 0 spiro atoms. The Hall–Kier alpha value is -2.70. The number of nitriles is 1. The van der Waals surface area contributed by atoms with E-state index in [9.17, 15) is 0 Å². The average molecular weight is 295 g/mol. The van der Waals surface area contributed by atoms with Gasteiger partial charge in [-0.2, -0.15) is 5.26 Å². The van der Waals surface area contributed by atoms with E-state index >= 15 is 0 Å². The van der Waals surface area contributed by atoms with Gasteiger partial charge in [0.25, 0.3) is 0 Å². The number of anilines is 1. The summed E-state index contributed by atoms with van der Waals surface area (Å²) in [6.45, 7) is 0. The van der Waals surface area contributed by atoms with E-state index in [0.717, 1.165) is 10.8 Å². The van der Waals surface area contributed by atoms with Gasteiger partial charge < -0.3 is 10.5 Å². The predicted molar refractivity (Wildman–Crippen MR) is 84.6 cm³/mol. The number of hydrogen-bond acceptors (Lipinski definition) is 3. The lowest BCUT2D eigenvalue weighted by Gasteiger charge is -2.12. The molecule has 0 aromatic heterocycles. The second-order valence-electron chi connectivity index (χ2n) is 4.56. The normalized spacial score (nSPS) is 10.3. The van der Waals surface area contributed by atoms with Crippen molar-refractivity contribution < 1.29 is 4.74 Å². The van der Waals surface area contributed by atoms with Crippen LogP contribution in [0.4, 0.5) is 5.69 Å². The number of nitrogens with zero attached hydrogens (tertiary/aromatic N) is 1. The zero-order valence-corrected chi connectivity index (χ0v) is 11.8. The standard InChI is InChI=1S/C17H11ClN2O/c18-14-6-8-16(13-4-2-1-3-12(13)14)21-17-9-11(10-19)5-7-15(17)20/h1-9H,20H2. The van der Waals surface area contributed by atoms with E-state index in [4.69, 9.17) is 27.3 Å². The first-order valence-electron chi connectivity index (χ1n) is 6.34. The highest BCUT2D eigenvalue weighted by Crippen LogP contribution is 2.36. The topological polar surface area (TPSA) is 59.0 Å². The molecule has 3 rings (SSSR count). The Morgan fingerprint density at radius 1 is 0.952 bits per heavy atom. The van der Waals surface area contributed by atoms with Gasteiger partial charge in [0, 0.05) is 21.9 Å². The van der Waals surface area contributed by atoms with Crippen LogP contribution in [0, 0.1) is 11.3 Å². The van der Waals surface area contributed by atoms with E-state index in [0.29, 0.717) is 27.8 Å². The largest absolute Gasteiger partial charge is 0.455 e. The smallest absolute Gasteiger partial charge is 0.151 e. The molecule has 0 heterocycles. The van der Waals surface area contributed by atoms with Gasteiger partial charge in [0.1, 0.15) is 5.75 Å². The molecule has 0 bridgehead atoms. The monoisotopic (exact) mass is 294 g/mol. The van der Waals surface area contributed by atoms with Crippen molar-refractivity contribution in [3.05, 3.63) is 65.2 Å². The van der Waals surface area contributed by atoms with Crippen LogP contribution in [0.15, 0.2) is 54.6 Å². The lowest BCUT2D eigenvalue weighted by molar-refractivity contribution is 0.490. The summed E-state index contributed by atoms with van der Waals surface area (Å²) in [5.41, 5.74) is 6.88. The molecule has 0 fully saturated rings. The van der Waals surface area contributed by atoms with E-state index < -0.39 is 0 Å². The molecule has 0 unspecified atom stereocenters. The molecule has 0 radical (unpaired) electrons. The maximum Gasteiger partial charge on any atom is 0.151 e. The van der Waals surface area contributed by atoms with Crippen molar-refractivity contribution in [2.75, 3.05) is 5.73 Å². The predicted octanol–water partition coefficient (Wildman–Crippen LogP) is 4.74. The summed E-state index contributed by atoms with van der Waals surface area (Å²) in [6, 6.07) is 18.3. The third-order valence-corrected chi connectivity index (χ3v) is 3.52. The van der Waals surface area contributed by atoms with Crippen molar-refractivity contribution in [3.8, 4) is 17.6 Å². The van der Waals surface area contributed by atoms with Crippen molar-refractivity contribution >= 4 is 28.1 Å². The molecule has 0 amide bonds. The zero-order valence-electron chi connectivity index (χ0n) is 11.0. The molecule has 0 aliphatic carbocycles. The minimum Gasteiger partial charge on any atom is -0.455 e. The van der Waals surface area contributed by atoms with Gasteiger partial charge >= 0.3 is 0 Å². The summed E-state index contributed by atoms with van der Waals surface area (Å²) in [5, 5.41) is 11.4. The summed E-state index contributed by atoms with van der Waals surface area (Å²) in [7, 11) is 0. The van der Waals surface area contributed by atoms with E-state index in [-0.39, 0.29) is 0 Å². The molecular formula is C17H11ClN2O. The first kappa shape index (κ1) is 13.3. The number of rotatable bonds is 2. The first-order chi connectivity index (χ1) is 10.2. The Morgan fingerprint density at radius 2 is 1.71 bits per heavy atom. The van der Waals surface area contributed by atoms with Crippen LogP contribution in [0.1, 0.15) is 5.56 Å². The van der Waals surface area contributed by atoms with Crippen molar-refractivity contribution in [3.63, 3.8) is 0 Å². The zero-order chi connectivity index (χ0) is 14.8. The van der Waals surface area contributed by atoms with Crippen molar-refractivity contribution in [2.45, 2.75) is 0 Å². The molecule has 3 aromatic carbocycles. The highest BCUT2D eigenvalue weighted by atomic mass is 35.5. The van der Waals surface area contributed by atoms with Crippen LogP contribution in [0.3, 0.4) is 0 Å². The molecule has 21 heavy (non-hydrogen) atoms. The summed E-state index contributed by atoms with van der Waals surface area (Å²) in [5.74, 6) is 1.11. The molecule has 0 aliphatic rings. The maximum atomic E-state index is 8.96. The second-order valence-corrected chi connectivity index (χ2v) is 4.96. The van der Waals surface area contributed by atoms with Gasteiger partial charge in [0.2, 0.25) is 0 Å². The van der Waals surface area contributed by atoms with Gasteiger partial charge in [0.15, 0.2) is 5.75 Å². The van der Waals surface area contributed by atoms with E-state index in [1.807, 2.05) is 24.3 Å². The Morgan fingerprint density at radius 3 is 2.48 bits per heavy atom. The van der Waals surface area contributed by atoms with Crippen LogP contribution in [-0.2, 0) is 0 Å². The summed E-state index contributed by atoms with van der Waals surface area (Å²) >= 11 is 6.19. The van der Waals surface area contributed by atoms with Crippen LogP contribution in [0.2, 0.25) is 5.02 Å². The van der Waals surface area contributed by atoms with Gasteiger partial charge in [0.05, 0.1) is 17.3 Å². The Labute approximate surface area is 127 Å². The van der Waals surface area contributed by atoms with Gasteiger partial charge in [-0.25, -0.2) is 0 Å². The van der Waals surface area contributed by atoms with Crippen LogP contribution >= 0.6 is 11.6 Å². The lowest BCUT2D eigenvalue weighted by Crippen LogP contribution is -1.93. The quantitative estimate of drug-likeness (QED) is 0.694. The molecule has 0 atom stereocenters. The number of fused-ring (bicyclic) bond motifs is 1. The van der Waals surface area contributed by atoms with Crippen molar-refractivity contribution in [2.24, 2.45) is 0 Å².